The van der Waals surface area contributed by atoms with Crippen molar-refractivity contribution in [3.8, 4) is 17.2 Å². The van der Waals surface area contributed by atoms with E-state index >= 15 is 0 Å². The fourth-order valence-electron chi connectivity index (χ4n) is 2.49. The summed E-state index contributed by atoms with van der Waals surface area (Å²) in [6, 6.07) is 2.33. The van der Waals surface area contributed by atoms with E-state index in [0.29, 0.717) is 0 Å². The molecule has 6 N–H and O–H groups in total. The third-order valence-corrected chi connectivity index (χ3v) is 3.71. The molecule has 0 aliphatic carbocycles. The summed E-state index contributed by atoms with van der Waals surface area (Å²) in [4.78, 5) is 21.9. The zero-order valence-electron chi connectivity index (χ0n) is 13.5. The van der Waals surface area contributed by atoms with Gasteiger partial charge in [0.05, 0.1) is 13.5 Å². The minimum absolute atomic E-state index is 0.131. The number of aliphatic hydroxyl groups is 3. The first-order valence-electron chi connectivity index (χ1n) is 7.36. The third-order valence-electron chi connectivity index (χ3n) is 3.71. The van der Waals surface area contributed by atoms with Gasteiger partial charge >= 0.3 is 11.9 Å². The summed E-state index contributed by atoms with van der Waals surface area (Å²) in [7, 11) is 1.19. The summed E-state index contributed by atoms with van der Waals surface area (Å²) in [6.45, 7) is 0. The van der Waals surface area contributed by atoms with Crippen molar-refractivity contribution in [1.29, 1.82) is 0 Å². The summed E-state index contributed by atoms with van der Waals surface area (Å²) in [5.74, 6) is -3.70. The predicted molar refractivity (Wildman–Crippen MR) is 80.9 cm³/mol. The number of benzene rings is 1. The number of carboxylic acid groups (broad SMARTS) is 2. The molecule has 144 valence electrons. The molecule has 0 aromatic heterocycles. The summed E-state index contributed by atoms with van der Waals surface area (Å²) < 4.78 is 15.2. The SMILES string of the molecule is COc1c(O)cc(CC(=O)O)cc1OC1OC(C(=O)O)C(O)C(O)C1O. The largest absolute Gasteiger partial charge is 0.504 e. The van der Waals surface area contributed by atoms with Gasteiger partial charge in [0.25, 0.3) is 0 Å². The molecule has 1 aliphatic rings. The van der Waals surface area contributed by atoms with Crippen LogP contribution in [0, 0.1) is 0 Å². The second-order valence-corrected chi connectivity index (χ2v) is 5.57. The van der Waals surface area contributed by atoms with Crippen LogP contribution in [0.4, 0.5) is 0 Å². The molecule has 11 nitrogen and oxygen atoms in total. The van der Waals surface area contributed by atoms with Crippen molar-refractivity contribution in [2.24, 2.45) is 0 Å². The molecular formula is C15H18O11. The molecule has 0 bridgehead atoms. The number of methoxy groups -OCH3 is 1. The van der Waals surface area contributed by atoms with E-state index in [1.165, 1.54) is 13.2 Å². The van der Waals surface area contributed by atoms with Crippen LogP contribution in [0.2, 0.25) is 0 Å². The minimum atomic E-state index is -1.89. The van der Waals surface area contributed by atoms with E-state index in [2.05, 4.69) is 0 Å². The number of phenolic OH excluding ortho intramolecular Hbond substituents is 1. The molecular weight excluding hydrogens is 356 g/mol. The highest BCUT2D eigenvalue weighted by Crippen LogP contribution is 2.39. The number of aromatic hydroxyl groups is 1. The second kappa shape index (κ2) is 7.74. The van der Waals surface area contributed by atoms with Crippen LogP contribution in [0.3, 0.4) is 0 Å². The Hall–Kier alpha value is -2.60. The Morgan fingerprint density at radius 2 is 1.77 bits per heavy atom. The topological polar surface area (TPSA) is 183 Å². The average Bonchev–Trinajstić information content (AvgIpc) is 2.54. The van der Waals surface area contributed by atoms with Crippen LogP contribution < -0.4 is 9.47 Å². The molecule has 0 saturated carbocycles. The van der Waals surface area contributed by atoms with Gasteiger partial charge < -0.3 is 44.8 Å². The van der Waals surface area contributed by atoms with Gasteiger partial charge in [-0.25, -0.2) is 4.79 Å². The van der Waals surface area contributed by atoms with E-state index < -0.39 is 54.8 Å². The van der Waals surface area contributed by atoms with Gasteiger partial charge in [0.1, 0.15) is 18.3 Å². The van der Waals surface area contributed by atoms with Gasteiger partial charge in [0.2, 0.25) is 12.0 Å². The number of hydrogen-bond donors (Lipinski definition) is 6. The molecule has 0 radical (unpaired) electrons. The van der Waals surface area contributed by atoms with Gasteiger partial charge in [-0.15, -0.1) is 0 Å². The molecule has 26 heavy (non-hydrogen) atoms. The Morgan fingerprint density at radius 3 is 2.31 bits per heavy atom. The van der Waals surface area contributed by atoms with Gasteiger partial charge in [-0.1, -0.05) is 0 Å². The highest BCUT2D eigenvalue weighted by atomic mass is 16.7. The van der Waals surface area contributed by atoms with Crippen LogP contribution in [0.5, 0.6) is 17.2 Å². The average molecular weight is 374 g/mol. The molecule has 5 unspecified atom stereocenters. The van der Waals surface area contributed by atoms with Crippen LogP contribution >= 0.6 is 0 Å². The standard InChI is InChI=1S/C15H18O11/c1-24-12-6(16)2-5(4-8(17)18)3-7(12)25-15-11(21)9(19)10(20)13(26-15)14(22)23/h2-3,9-11,13,15-16,19-21H,4H2,1H3,(H,17,18)(H,22,23). The van der Waals surface area contributed by atoms with E-state index in [1.807, 2.05) is 0 Å². The molecule has 5 atom stereocenters. The molecule has 1 fully saturated rings. The van der Waals surface area contributed by atoms with Crippen molar-refractivity contribution < 1.29 is 54.4 Å². The Bertz CT molecular complexity index is 688. The van der Waals surface area contributed by atoms with Crippen LogP contribution in [-0.2, 0) is 20.7 Å². The minimum Gasteiger partial charge on any atom is -0.504 e. The number of aliphatic carboxylic acids is 2. The number of rotatable bonds is 6. The summed E-state index contributed by atoms with van der Waals surface area (Å²) in [6.07, 6.45) is -9.66. The van der Waals surface area contributed by atoms with Gasteiger partial charge in [0, 0.05) is 0 Å². The van der Waals surface area contributed by atoms with E-state index in [9.17, 15) is 30.0 Å². The van der Waals surface area contributed by atoms with E-state index in [0.717, 1.165) is 6.07 Å². The first-order valence-corrected chi connectivity index (χ1v) is 7.36. The monoisotopic (exact) mass is 374 g/mol. The Morgan fingerprint density at radius 1 is 1.12 bits per heavy atom. The predicted octanol–water partition coefficient (Wildman–Crippen LogP) is -1.70. The van der Waals surface area contributed by atoms with Crippen LogP contribution in [-0.4, -0.2) is 80.4 Å². The zero-order valence-corrected chi connectivity index (χ0v) is 13.5. The van der Waals surface area contributed by atoms with Gasteiger partial charge in [-0.2, -0.15) is 0 Å². The lowest BCUT2D eigenvalue weighted by Crippen LogP contribution is -2.61. The highest BCUT2D eigenvalue weighted by molar-refractivity contribution is 5.73. The first kappa shape index (κ1) is 19.7. The number of aliphatic hydroxyl groups excluding tert-OH is 3. The molecule has 0 spiro atoms. The maximum atomic E-state index is 11.1. The lowest BCUT2D eigenvalue weighted by atomic mass is 9.99. The first-order chi connectivity index (χ1) is 12.1. The van der Waals surface area contributed by atoms with Crippen molar-refractivity contribution in [3.05, 3.63) is 17.7 Å². The van der Waals surface area contributed by atoms with Crippen LogP contribution in [0.15, 0.2) is 12.1 Å². The zero-order chi connectivity index (χ0) is 19.6. The Labute approximate surface area is 146 Å². The number of carboxylic acids is 2. The Kier molecular flexibility index (Phi) is 5.87. The smallest absolute Gasteiger partial charge is 0.335 e. The molecule has 1 aliphatic heterocycles. The lowest BCUT2D eigenvalue weighted by Gasteiger charge is -2.38. The van der Waals surface area contributed by atoms with Crippen molar-refractivity contribution in [1.82, 2.24) is 0 Å². The maximum absolute atomic E-state index is 11.1. The van der Waals surface area contributed by atoms with E-state index in [-0.39, 0.29) is 17.1 Å². The molecule has 11 heteroatoms. The van der Waals surface area contributed by atoms with E-state index in [4.69, 9.17) is 24.4 Å². The fraction of sp³-hybridized carbons (Fsp3) is 0.467. The van der Waals surface area contributed by atoms with Crippen LogP contribution in [0.1, 0.15) is 5.56 Å². The number of ether oxygens (including phenoxy) is 3. The quantitative estimate of drug-likeness (QED) is 0.333. The maximum Gasteiger partial charge on any atom is 0.335 e. The summed E-state index contributed by atoms with van der Waals surface area (Å²) in [5.41, 5.74) is 0.131. The normalized spacial score (nSPS) is 28.4. The highest BCUT2D eigenvalue weighted by Gasteiger charge is 2.48. The molecule has 1 heterocycles. The van der Waals surface area contributed by atoms with Crippen molar-refractivity contribution in [2.75, 3.05) is 7.11 Å². The third kappa shape index (κ3) is 3.96. The molecule has 2 rings (SSSR count). The fourth-order valence-corrected chi connectivity index (χ4v) is 2.49. The molecule has 1 saturated heterocycles. The van der Waals surface area contributed by atoms with Crippen LogP contribution in [0.25, 0.3) is 0 Å². The number of hydrogen-bond acceptors (Lipinski definition) is 9. The van der Waals surface area contributed by atoms with Crippen molar-refractivity contribution in [3.63, 3.8) is 0 Å². The number of carbonyl (C=O) groups is 2. The summed E-state index contributed by atoms with van der Waals surface area (Å²) >= 11 is 0. The molecule has 1 aromatic rings. The van der Waals surface area contributed by atoms with Crippen molar-refractivity contribution in [2.45, 2.75) is 37.1 Å². The van der Waals surface area contributed by atoms with E-state index in [1.54, 1.807) is 0 Å². The lowest BCUT2D eigenvalue weighted by molar-refractivity contribution is -0.271. The van der Waals surface area contributed by atoms with Gasteiger partial charge in [-0.05, 0) is 17.7 Å². The number of phenols is 1. The Balaban J connectivity index is 2.34. The van der Waals surface area contributed by atoms with Gasteiger partial charge in [-0.3, -0.25) is 4.79 Å². The van der Waals surface area contributed by atoms with Crippen molar-refractivity contribution >= 4 is 11.9 Å². The second-order valence-electron chi connectivity index (χ2n) is 5.57. The molecule has 0 amide bonds. The molecule has 1 aromatic carbocycles. The van der Waals surface area contributed by atoms with Gasteiger partial charge in [0.15, 0.2) is 17.6 Å². The summed E-state index contributed by atoms with van der Waals surface area (Å²) in [5, 5.41) is 57.2.